The first kappa shape index (κ1) is 11.1. The van der Waals surface area contributed by atoms with Crippen LogP contribution in [0.3, 0.4) is 0 Å². The van der Waals surface area contributed by atoms with Gasteiger partial charge in [-0.3, -0.25) is 0 Å². The minimum atomic E-state index is -0.339. The van der Waals surface area contributed by atoms with Gasteiger partial charge in [0.05, 0.1) is 0 Å². The van der Waals surface area contributed by atoms with Crippen molar-refractivity contribution in [2.45, 2.75) is 19.9 Å². The largest absolute Gasteiger partial charge is 0.398 e. The second-order valence-electron chi connectivity index (χ2n) is 4.89. The number of hydrogen-bond acceptors (Lipinski definition) is 4. The number of nitrogens with two attached hydrogens (primary N) is 1. The fourth-order valence-electron chi connectivity index (χ4n) is 2.12. The van der Waals surface area contributed by atoms with Crippen molar-refractivity contribution in [3.05, 3.63) is 24.0 Å². The Bertz CT molecular complexity index is 580. The Morgan fingerprint density at radius 3 is 3.00 bits per heavy atom. The van der Waals surface area contributed by atoms with Gasteiger partial charge in [-0.25, -0.2) is 9.07 Å². The van der Waals surface area contributed by atoms with Gasteiger partial charge in [0.1, 0.15) is 5.82 Å². The lowest BCUT2D eigenvalue weighted by atomic mass is 10.1. The van der Waals surface area contributed by atoms with Crippen LogP contribution in [0.5, 0.6) is 0 Å². The molecule has 5 nitrogen and oxygen atoms in total. The van der Waals surface area contributed by atoms with Crippen molar-refractivity contribution < 1.29 is 4.39 Å². The summed E-state index contributed by atoms with van der Waals surface area (Å²) in [6.45, 7) is 2.96. The molecule has 1 aromatic heterocycles. The summed E-state index contributed by atoms with van der Waals surface area (Å²) in [5.41, 5.74) is 6.88. The lowest BCUT2D eigenvalue weighted by Crippen LogP contribution is -2.06. The highest BCUT2D eigenvalue weighted by Gasteiger charge is 2.33. The SMILES string of the molecule is CC1CC1Cn1nnnc1-c1cc(F)ccc1N. The van der Waals surface area contributed by atoms with Crippen LogP contribution in [0.25, 0.3) is 11.4 Å². The molecular formula is C12H14FN5. The van der Waals surface area contributed by atoms with E-state index in [2.05, 4.69) is 22.4 Å². The molecule has 94 valence electrons. The lowest BCUT2D eigenvalue weighted by molar-refractivity contribution is 0.528. The van der Waals surface area contributed by atoms with Crippen LogP contribution in [0.4, 0.5) is 10.1 Å². The second-order valence-corrected chi connectivity index (χ2v) is 4.89. The van der Waals surface area contributed by atoms with E-state index in [4.69, 9.17) is 5.73 Å². The Morgan fingerprint density at radius 2 is 2.28 bits per heavy atom. The molecule has 0 amide bonds. The van der Waals surface area contributed by atoms with E-state index < -0.39 is 0 Å². The van der Waals surface area contributed by atoms with Gasteiger partial charge in [-0.2, -0.15) is 0 Å². The summed E-state index contributed by atoms with van der Waals surface area (Å²) in [6.07, 6.45) is 1.19. The van der Waals surface area contributed by atoms with Crippen molar-refractivity contribution in [1.29, 1.82) is 0 Å². The fraction of sp³-hybridized carbons (Fsp3) is 0.417. The normalized spacial score (nSPS) is 22.1. The Balaban J connectivity index is 1.96. The van der Waals surface area contributed by atoms with Crippen molar-refractivity contribution in [2.75, 3.05) is 5.73 Å². The van der Waals surface area contributed by atoms with Gasteiger partial charge < -0.3 is 5.73 Å². The summed E-state index contributed by atoms with van der Waals surface area (Å²) in [6, 6.07) is 4.23. The fourth-order valence-corrected chi connectivity index (χ4v) is 2.12. The number of hydrogen-bond donors (Lipinski definition) is 1. The summed E-state index contributed by atoms with van der Waals surface area (Å²) in [5.74, 6) is 1.52. The van der Waals surface area contributed by atoms with E-state index >= 15 is 0 Å². The smallest absolute Gasteiger partial charge is 0.184 e. The molecule has 6 heteroatoms. The minimum absolute atomic E-state index is 0.339. The molecule has 1 aliphatic rings. The van der Waals surface area contributed by atoms with E-state index in [-0.39, 0.29) is 5.82 Å². The van der Waals surface area contributed by atoms with Crippen LogP contribution in [0, 0.1) is 17.7 Å². The average Bonchev–Trinajstić information content (AvgIpc) is 2.86. The number of benzene rings is 1. The second kappa shape index (κ2) is 4.04. The summed E-state index contributed by atoms with van der Waals surface area (Å²) >= 11 is 0. The quantitative estimate of drug-likeness (QED) is 0.838. The van der Waals surface area contributed by atoms with Gasteiger partial charge in [-0.15, -0.1) is 5.10 Å². The van der Waals surface area contributed by atoms with Gasteiger partial charge >= 0.3 is 0 Å². The molecule has 1 aliphatic carbocycles. The first-order valence-corrected chi connectivity index (χ1v) is 5.96. The highest BCUT2D eigenvalue weighted by molar-refractivity contribution is 5.71. The molecule has 2 unspecified atom stereocenters. The lowest BCUT2D eigenvalue weighted by Gasteiger charge is -2.06. The number of tetrazole rings is 1. The third kappa shape index (κ3) is 1.94. The summed E-state index contributed by atoms with van der Waals surface area (Å²) in [4.78, 5) is 0. The van der Waals surface area contributed by atoms with Gasteiger partial charge in [0.2, 0.25) is 0 Å². The molecule has 2 N–H and O–H groups in total. The van der Waals surface area contributed by atoms with E-state index in [1.165, 1.54) is 24.6 Å². The summed E-state index contributed by atoms with van der Waals surface area (Å²) in [7, 11) is 0. The molecule has 2 aromatic rings. The van der Waals surface area contributed by atoms with Crippen LogP contribution < -0.4 is 5.73 Å². The molecule has 1 heterocycles. The van der Waals surface area contributed by atoms with Crippen LogP contribution in [0.2, 0.25) is 0 Å². The molecule has 0 saturated heterocycles. The maximum Gasteiger partial charge on any atom is 0.184 e. The van der Waals surface area contributed by atoms with Crippen molar-refractivity contribution in [1.82, 2.24) is 20.2 Å². The van der Waals surface area contributed by atoms with Crippen molar-refractivity contribution >= 4 is 5.69 Å². The minimum Gasteiger partial charge on any atom is -0.398 e. The Labute approximate surface area is 104 Å². The van der Waals surface area contributed by atoms with Gasteiger partial charge in [-0.05, 0) is 46.9 Å². The molecule has 0 spiro atoms. The van der Waals surface area contributed by atoms with Crippen LogP contribution in [0.1, 0.15) is 13.3 Å². The van der Waals surface area contributed by atoms with Gasteiger partial charge in [0, 0.05) is 17.8 Å². The van der Waals surface area contributed by atoms with Crippen LogP contribution in [0.15, 0.2) is 18.2 Å². The van der Waals surface area contributed by atoms with Crippen LogP contribution in [-0.4, -0.2) is 20.2 Å². The number of nitrogen functional groups attached to an aromatic ring is 1. The van der Waals surface area contributed by atoms with E-state index in [0.29, 0.717) is 28.9 Å². The molecule has 0 radical (unpaired) electrons. The number of nitrogens with zero attached hydrogens (tertiary/aromatic N) is 4. The highest BCUT2D eigenvalue weighted by atomic mass is 19.1. The van der Waals surface area contributed by atoms with E-state index in [1.54, 1.807) is 4.68 Å². The predicted octanol–water partition coefficient (Wildman–Crippen LogP) is 1.72. The molecule has 2 atom stereocenters. The molecule has 18 heavy (non-hydrogen) atoms. The topological polar surface area (TPSA) is 69.6 Å². The van der Waals surface area contributed by atoms with E-state index in [1.807, 2.05) is 0 Å². The van der Waals surface area contributed by atoms with Gasteiger partial charge in [0.15, 0.2) is 5.82 Å². The number of rotatable bonds is 3. The molecule has 1 saturated carbocycles. The highest BCUT2D eigenvalue weighted by Crippen LogP contribution is 2.39. The number of anilines is 1. The molecule has 1 fully saturated rings. The zero-order chi connectivity index (χ0) is 12.7. The Kier molecular flexibility index (Phi) is 2.50. The van der Waals surface area contributed by atoms with Gasteiger partial charge in [-0.1, -0.05) is 6.92 Å². The molecule has 1 aromatic carbocycles. The molecule has 0 bridgehead atoms. The summed E-state index contributed by atoms with van der Waals surface area (Å²) in [5, 5.41) is 11.6. The first-order chi connectivity index (χ1) is 8.65. The third-order valence-corrected chi connectivity index (χ3v) is 3.47. The van der Waals surface area contributed by atoms with Crippen LogP contribution >= 0.6 is 0 Å². The molecular weight excluding hydrogens is 233 g/mol. The van der Waals surface area contributed by atoms with E-state index in [0.717, 1.165) is 6.54 Å². The predicted molar refractivity (Wildman–Crippen MR) is 64.9 cm³/mol. The first-order valence-electron chi connectivity index (χ1n) is 5.96. The molecule has 0 aliphatic heterocycles. The van der Waals surface area contributed by atoms with Crippen molar-refractivity contribution in [3.63, 3.8) is 0 Å². The Morgan fingerprint density at radius 1 is 1.50 bits per heavy atom. The summed E-state index contributed by atoms with van der Waals surface area (Å²) < 4.78 is 15.0. The van der Waals surface area contributed by atoms with Gasteiger partial charge in [0.25, 0.3) is 0 Å². The van der Waals surface area contributed by atoms with Crippen molar-refractivity contribution in [3.8, 4) is 11.4 Å². The van der Waals surface area contributed by atoms with E-state index in [9.17, 15) is 4.39 Å². The number of halogens is 1. The zero-order valence-corrected chi connectivity index (χ0v) is 10.0. The maximum absolute atomic E-state index is 13.3. The molecule has 3 rings (SSSR count). The van der Waals surface area contributed by atoms with Crippen LogP contribution in [-0.2, 0) is 6.54 Å². The standard InChI is InChI=1S/C12H14FN5/c1-7-4-8(7)6-18-12(15-16-17-18)10-5-9(13)2-3-11(10)14/h2-3,5,7-8H,4,6,14H2,1H3. The third-order valence-electron chi connectivity index (χ3n) is 3.47. The zero-order valence-electron chi connectivity index (χ0n) is 10.0. The Hall–Kier alpha value is -1.98. The maximum atomic E-state index is 13.3. The average molecular weight is 247 g/mol. The van der Waals surface area contributed by atoms with Crippen molar-refractivity contribution in [2.24, 2.45) is 11.8 Å². The monoisotopic (exact) mass is 247 g/mol. The number of aromatic nitrogens is 4.